The molecule has 128 valence electrons. The first-order chi connectivity index (χ1) is 10.9. The van der Waals surface area contributed by atoms with Crippen LogP contribution in [-0.2, 0) is 4.74 Å². The number of aliphatic hydroxyl groups is 3. The van der Waals surface area contributed by atoms with E-state index in [1.165, 1.54) is 6.20 Å². The molecule has 0 radical (unpaired) electrons. The minimum absolute atomic E-state index is 0.0912. The standard InChI is InChI=1S/C15H23N3O5/c1-3-4-8(2)5-9-6-18(15(22)17-13(9)16)14-12(21)11(20)10(7-19)23-14/h5-6,10-12,14,19-21H,3-4,7H2,1-2H3,(H2,16,17,22)/t10-,11?,12?,14-/m1/s1. The van der Waals surface area contributed by atoms with Crippen molar-refractivity contribution in [1.29, 1.82) is 0 Å². The second-order valence-electron chi connectivity index (χ2n) is 5.74. The van der Waals surface area contributed by atoms with Crippen LogP contribution in [0.4, 0.5) is 5.82 Å². The number of anilines is 1. The first kappa shape index (κ1) is 17.6. The van der Waals surface area contributed by atoms with Crippen molar-refractivity contribution in [2.45, 2.75) is 51.2 Å². The fraction of sp³-hybridized carbons (Fsp3) is 0.600. The maximum atomic E-state index is 12.1. The van der Waals surface area contributed by atoms with Crippen LogP contribution in [0.5, 0.6) is 0 Å². The molecule has 2 heterocycles. The van der Waals surface area contributed by atoms with E-state index in [0.717, 1.165) is 23.0 Å². The fourth-order valence-electron chi connectivity index (χ4n) is 2.63. The molecule has 1 aromatic heterocycles. The number of ether oxygens (including phenoxy) is 1. The number of hydrogen-bond donors (Lipinski definition) is 4. The summed E-state index contributed by atoms with van der Waals surface area (Å²) in [6, 6.07) is 0. The summed E-state index contributed by atoms with van der Waals surface area (Å²) in [5, 5.41) is 29.0. The zero-order valence-electron chi connectivity index (χ0n) is 13.2. The molecule has 23 heavy (non-hydrogen) atoms. The Bertz CT molecular complexity index is 642. The molecular formula is C15H23N3O5. The Morgan fingerprint density at radius 2 is 2.17 bits per heavy atom. The summed E-state index contributed by atoms with van der Waals surface area (Å²) in [5.41, 5.74) is 6.71. The monoisotopic (exact) mass is 325 g/mol. The molecule has 0 aromatic carbocycles. The smallest absolute Gasteiger partial charge is 0.351 e. The van der Waals surface area contributed by atoms with E-state index in [0.29, 0.717) is 5.56 Å². The molecule has 0 spiro atoms. The highest BCUT2D eigenvalue weighted by Gasteiger charge is 2.43. The lowest BCUT2D eigenvalue weighted by Gasteiger charge is -2.18. The van der Waals surface area contributed by atoms with E-state index in [1.54, 1.807) is 0 Å². The maximum absolute atomic E-state index is 12.1. The second-order valence-corrected chi connectivity index (χ2v) is 5.74. The van der Waals surface area contributed by atoms with Crippen LogP contribution in [0, 0.1) is 0 Å². The summed E-state index contributed by atoms with van der Waals surface area (Å²) in [6.07, 6.45) is 0.421. The van der Waals surface area contributed by atoms with E-state index >= 15 is 0 Å². The molecule has 1 aromatic rings. The number of aromatic nitrogens is 2. The lowest BCUT2D eigenvalue weighted by atomic mass is 10.1. The second kappa shape index (κ2) is 7.22. The van der Waals surface area contributed by atoms with E-state index in [9.17, 15) is 15.0 Å². The Balaban J connectivity index is 2.40. The molecule has 1 saturated heterocycles. The summed E-state index contributed by atoms with van der Waals surface area (Å²) in [5.74, 6) is 0.0912. The molecule has 0 aliphatic carbocycles. The Morgan fingerprint density at radius 1 is 1.48 bits per heavy atom. The number of aliphatic hydroxyl groups excluding tert-OH is 3. The van der Waals surface area contributed by atoms with Gasteiger partial charge in [-0.1, -0.05) is 25.0 Å². The summed E-state index contributed by atoms with van der Waals surface area (Å²) in [4.78, 5) is 15.8. The van der Waals surface area contributed by atoms with Crippen molar-refractivity contribution < 1.29 is 20.1 Å². The zero-order chi connectivity index (χ0) is 17.1. The average molecular weight is 325 g/mol. The van der Waals surface area contributed by atoms with Gasteiger partial charge in [-0.2, -0.15) is 4.98 Å². The van der Waals surface area contributed by atoms with Crippen molar-refractivity contribution in [3.05, 3.63) is 27.8 Å². The first-order valence-electron chi connectivity index (χ1n) is 7.57. The number of nitrogens with zero attached hydrogens (tertiary/aromatic N) is 2. The molecule has 2 rings (SSSR count). The van der Waals surface area contributed by atoms with Crippen LogP contribution in [0.15, 0.2) is 16.6 Å². The molecule has 0 bridgehead atoms. The first-order valence-corrected chi connectivity index (χ1v) is 7.57. The minimum Gasteiger partial charge on any atom is -0.394 e. The number of allylic oxidation sites excluding steroid dienone is 1. The van der Waals surface area contributed by atoms with Gasteiger partial charge in [-0.25, -0.2) is 4.79 Å². The molecule has 1 aliphatic rings. The highest BCUT2D eigenvalue weighted by molar-refractivity contribution is 5.61. The highest BCUT2D eigenvalue weighted by Crippen LogP contribution is 2.28. The van der Waals surface area contributed by atoms with E-state index < -0.39 is 36.8 Å². The zero-order valence-corrected chi connectivity index (χ0v) is 13.2. The van der Waals surface area contributed by atoms with E-state index in [-0.39, 0.29) is 5.82 Å². The Hall–Kier alpha value is -1.74. The Labute approximate surface area is 133 Å². The molecule has 0 amide bonds. The lowest BCUT2D eigenvalue weighted by Crippen LogP contribution is -2.36. The van der Waals surface area contributed by atoms with Gasteiger partial charge in [0.05, 0.1) is 6.61 Å². The molecule has 5 N–H and O–H groups in total. The third-order valence-corrected chi connectivity index (χ3v) is 3.85. The predicted molar refractivity (Wildman–Crippen MR) is 84.5 cm³/mol. The molecule has 4 atom stereocenters. The van der Waals surface area contributed by atoms with Crippen LogP contribution in [0.1, 0.15) is 38.5 Å². The van der Waals surface area contributed by atoms with Gasteiger partial charge in [0, 0.05) is 11.8 Å². The quantitative estimate of drug-likeness (QED) is 0.581. The molecule has 1 fully saturated rings. The molecule has 1 aliphatic heterocycles. The fourth-order valence-corrected chi connectivity index (χ4v) is 2.63. The highest BCUT2D eigenvalue weighted by atomic mass is 16.6. The SMILES string of the molecule is CCCC(C)=Cc1cn([C@@H]2O[C@H](CO)C(O)C2O)c(=O)nc1N. The molecular weight excluding hydrogens is 302 g/mol. The molecule has 8 heteroatoms. The third kappa shape index (κ3) is 3.61. The van der Waals surface area contributed by atoms with E-state index in [4.69, 9.17) is 15.6 Å². The van der Waals surface area contributed by atoms with Gasteiger partial charge >= 0.3 is 5.69 Å². The number of hydrogen-bond acceptors (Lipinski definition) is 7. The van der Waals surface area contributed by atoms with Crippen LogP contribution in [0.3, 0.4) is 0 Å². The van der Waals surface area contributed by atoms with Gasteiger partial charge in [0.25, 0.3) is 0 Å². The molecule has 2 unspecified atom stereocenters. The normalized spacial score (nSPS) is 28.3. The predicted octanol–water partition coefficient (Wildman–Crippen LogP) is -0.360. The summed E-state index contributed by atoms with van der Waals surface area (Å²) in [7, 11) is 0. The number of rotatable bonds is 5. The van der Waals surface area contributed by atoms with Crippen LogP contribution in [0.2, 0.25) is 0 Å². The van der Waals surface area contributed by atoms with Gasteiger partial charge in [-0.05, 0) is 13.3 Å². The maximum Gasteiger partial charge on any atom is 0.351 e. The summed E-state index contributed by atoms with van der Waals surface area (Å²) in [6.45, 7) is 3.54. The summed E-state index contributed by atoms with van der Waals surface area (Å²) >= 11 is 0. The van der Waals surface area contributed by atoms with Crippen molar-refractivity contribution in [2.75, 3.05) is 12.3 Å². The number of nitrogen functional groups attached to an aromatic ring is 1. The van der Waals surface area contributed by atoms with Gasteiger partial charge in [0.2, 0.25) is 0 Å². The van der Waals surface area contributed by atoms with Crippen LogP contribution in [0.25, 0.3) is 6.08 Å². The number of nitrogens with two attached hydrogens (primary N) is 1. The van der Waals surface area contributed by atoms with Crippen molar-refractivity contribution in [3.8, 4) is 0 Å². The van der Waals surface area contributed by atoms with Gasteiger partial charge < -0.3 is 25.8 Å². The third-order valence-electron chi connectivity index (χ3n) is 3.85. The Kier molecular flexibility index (Phi) is 5.53. The van der Waals surface area contributed by atoms with Gasteiger partial charge in [-0.15, -0.1) is 0 Å². The Morgan fingerprint density at radius 3 is 2.74 bits per heavy atom. The van der Waals surface area contributed by atoms with E-state index in [1.807, 2.05) is 13.0 Å². The lowest BCUT2D eigenvalue weighted by molar-refractivity contribution is -0.0549. The van der Waals surface area contributed by atoms with Crippen molar-refractivity contribution in [1.82, 2.24) is 9.55 Å². The minimum atomic E-state index is -1.34. The van der Waals surface area contributed by atoms with Crippen LogP contribution >= 0.6 is 0 Å². The topological polar surface area (TPSA) is 131 Å². The molecule has 0 saturated carbocycles. The van der Waals surface area contributed by atoms with Crippen molar-refractivity contribution in [2.24, 2.45) is 0 Å². The van der Waals surface area contributed by atoms with E-state index in [2.05, 4.69) is 11.9 Å². The summed E-state index contributed by atoms with van der Waals surface area (Å²) < 4.78 is 6.45. The van der Waals surface area contributed by atoms with Crippen molar-refractivity contribution in [3.63, 3.8) is 0 Å². The van der Waals surface area contributed by atoms with Gasteiger partial charge in [-0.3, -0.25) is 4.57 Å². The van der Waals surface area contributed by atoms with Crippen molar-refractivity contribution >= 4 is 11.9 Å². The molecule has 8 nitrogen and oxygen atoms in total. The van der Waals surface area contributed by atoms with Gasteiger partial charge in [0.15, 0.2) is 6.23 Å². The van der Waals surface area contributed by atoms with Gasteiger partial charge in [0.1, 0.15) is 24.1 Å². The largest absolute Gasteiger partial charge is 0.394 e. The average Bonchev–Trinajstić information content (AvgIpc) is 2.78. The van der Waals surface area contributed by atoms with Crippen LogP contribution < -0.4 is 11.4 Å². The van der Waals surface area contributed by atoms with Crippen LogP contribution in [-0.4, -0.2) is 49.8 Å².